The Labute approximate surface area is 161 Å². The van der Waals surface area contributed by atoms with Gasteiger partial charge in [-0.15, -0.1) is 11.3 Å². The van der Waals surface area contributed by atoms with Crippen LogP contribution in [0.25, 0.3) is 0 Å². The molecule has 1 aromatic rings. The summed E-state index contributed by atoms with van der Waals surface area (Å²) in [6, 6.07) is 0. The molecule has 2 saturated carbocycles. The van der Waals surface area contributed by atoms with Crippen LogP contribution in [0.15, 0.2) is 12.2 Å². The van der Waals surface area contributed by atoms with Crippen LogP contribution in [-0.4, -0.2) is 28.4 Å². The second kappa shape index (κ2) is 6.42. The summed E-state index contributed by atoms with van der Waals surface area (Å²) in [5, 5.41) is 21.8. The van der Waals surface area contributed by atoms with Crippen LogP contribution in [-0.2, 0) is 12.8 Å². The van der Waals surface area contributed by atoms with Crippen LogP contribution < -0.4 is 0 Å². The molecule has 2 N–H and O–H groups in total. The second-order valence-electron chi connectivity index (χ2n) is 9.53. The van der Waals surface area contributed by atoms with E-state index in [2.05, 4.69) is 27.4 Å². The van der Waals surface area contributed by atoms with Crippen LogP contribution >= 0.6 is 11.3 Å². The highest BCUT2D eigenvalue weighted by Crippen LogP contribution is 2.63. The van der Waals surface area contributed by atoms with E-state index in [1.807, 2.05) is 11.3 Å². The van der Waals surface area contributed by atoms with Gasteiger partial charge in [-0.25, -0.2) is 4.98 Å². The van der Waals surface area contributed by atoms with Crippen molar-refractivity contribution in [1.29, 1.82) is 0 Å². The largest absolute Gasteiger partial charge is 0.396 e. The second-order valence-corrected chi connectivity index (χ2v) is 10.8. The van der Waals surface area contributed by atoms with Gasteiger partial charge in [0.25, 0.3) is 0 Å². The molecular weight excluding hydrogens is 342 g/mol. The van der Waals surface area contributed by atoms with Crippen molar-refractivity contribution >= 4 is 11.3 Å². The number of thiazole rings is 1. The number of hydrogen-bond donors (Lipinski definition) is 2. The van der Waals surface area contributed by atoms with E-state index in [4.69, 9.17) is 4.98 Å². The van der Waals surface area contributed by atoms with Crippen LogP contribution in [0.2, 0.25) is 0 Å². The summed E-state index contributed by atoms with van der Waals surface area (Å²) in [7, 11) is 0. The molecule has 6 atom stereocenters. The minimum absolute atomic E-state index is 0.0410. The van der Waals surface area contributed by atoms with Crippen LogP contribution in [0.5, 0.6) is 0 Å². The molecule has 0 saturated heterocycles. The van der Waals surface area contributed by atoms with E-state index in [1.54, 1.807) is 0 Å². The summed E-state index contributed by atoms with van der Waals surface area (Å²) in [4.78, 5) is 6.13. The standard InChI is InChI=1S/C22H33NO2S/c1-13-5-6-17-16(12-25)18(7-8-21(13,17)3)22(4)10-20-19(9-15(22)11-24)23-14(2)26-20/h15-18,24-25H,1,5-12H2,2-4H3/t15-,16+,17+,18+,21-,22-/m1/s1. The summed E-state index contributed by atoms with van der Waals surface area (Å²) in [5.41, 5.74) is 2.85. The molecule has 0 aromatic carbocycles. The predicted molar refractivity (Wildman–Crippen MR) is 106 cm³/mol. The van der Waals surface area contributed by atoms with Crippen molar-refractivity contribution in [2.45, 2.75) is 59.3 Å². The monoisotopic (exact) mass is 375 g/mol. The van der Waals surface area contributed by atoms with Gasteiger partial charge in [0.15, 0.2) is 0 Å². The van der Waals surface area contributed by atoms with Gasteiger partial charge in [-0.05, 0) is 80.0 Å². The third kappa shape index (κ3) is 2.56. The molecule has 0 radical (unpaired) electrons. The van der Waals surface area contributed by atoms with Crippen molar-refractivity contribution in [2.24, 2.45) is 34.5 Å². The molecule has 4 heteroatoms. The Bertz CT molecular complexity index is 713. The predicted octanol–water partition coefficient (Wildman–Crippen LogP) is 4.16. The molecule has 1 heterocycles. The highest BCUT2D eigenvalue weighted by molar-refractivity contribution is 7.11. The summed E-state index contributed by atoms with van der Waals surface area (Å²) in [6.07, 6.45) is 6.49. The van der Waals surface area contributed by atoms with Gasteiger partial charge in [-0.1, -0.05) is 26.0 Å². The van der Waals surface area contributed by atoms with E-state index in [-0.39, 0.29) is 30.0 Å². The van der Waals surface area contributed by atoms with Crippen molar-refractivity contribution in [1.82, 2.24) is 4.98 Å². The normalized spacial score (nSPS) is 42.6. The number of hydrogen-bond acceptors (Lipinski definition) is 4. The molecular formula is C22H33NO2S. The number of rotatable bonds is 3. The first-order valence-corrected chi connectivity index (χ1v) is 11.0. The number of aromatic nitrogens is 1. The van der Waals surface area contributed by atoms with Gasteiger partial charge < -0.3 is 10.2 Å². The summed E-state index contributed by atoms with van der Waals surface area (Å²) >= 11 is 1.83. The number of aryl methyl sites for hydroxylation is 1. The van der Waals surface area contributed by atoms with Gasteiger partial charge in [0.05, 0.1) is 10.7 Å². The van der Waals surface area contributed by atoms with E-state index >= 15 is 0 Å². The SMILES string of the molecule is C=C1CC[C@H]2[C@H](CO)[C@@H]([C@]3(C)Cc4sc(C)nc4C[C@@H]3CO)CC[C@]12C. The first-order valence-electron chi connectivity index (χ1n) is 10.2. The molecule has 3 aliphatic carbocycles. The minimum Gasteiger partial charge on any atom is -0.396 e. The lowest BCUT2D eigenvalue weighted by Crippen LogP contribution is -2.52. The van der Waals surface area contributed by atoms with Gasteiger partial charge in [-0.3, -0.25) is 0 Å². The third-order valence-electron chi connectivity index (χ3n) is 8.47. The third-order valence-corrected chi connectivity index (χ3v) is 9.48. The highest BCUT2D eigenvalue weighted by Gasteiger charge is 2.56. The molecule has 4 rings (SSSR count). The lowest BCUT2D eigenvalue weighted by atomic mass is 9.50. The zero-order chi connectivity index (χ0) is 18.7. The highest BCUT2D eigenvalue weighted by atomic mass is 32.1. The van der Waals surface area contributed by atoms with Crippen molar-refractivity contribution in [2.75, 3.05) is 13.2 Å². The molecule has 0 amide bonds. The van der Waals surface area contributed by atoms with Crippen LogP contribution in [0.4, 0.5) is 0 Å². The van der Waals surface area contributed by atoms with Gasteiger partial charge >= 0.3 is 0 Å². The molecule has 0 aliphatic heterocycles. The van der Waals surface area contributed by atoms with Crippen molar-refractivity contribution in [3.8, 4) is 0 Å². The van der Waals surface area contributed by atoms with E-state index < -0.39 is 0 Å². The summed E-state index contributed by atoms with van der Waals surface area (Å²) in [5.74, 6) is 1.57. The van der Waals surface area contributed by atoms with Crippen molar-refractivity contribution < 1.29 is 10.2 Å². The molecule has 0 unspecified atom stereocenters. The molecule has 0 spiro atoms. The van der Waals surface area contributed by atoms with E-state index in [0.717, 1.165) is 30.7 Å². The fourth-order valence-electron chi connectivity index (χ4n) is 6.74. The lowest BCUT2D eigenvalue weighted by Gasteiger charge is -2.55. The number of fused-ring (bicyclic) bond motifs is 2. The maximum atomic E-state index is 10.4. The van der Waals surface area contributed by atoms with E-state index in [9.17, 15) is 10.2 Å². The van der Waals surface area contributed by atoms with Crippen LogP contribution in [0.1, 0.15) is 55.1 Å². The van der Waals surface area contributed by atoms with Gasteiger partial charge in [-0.2, -0.15) is 0 Å². The number of allylic oxidation sites excluding steroid dienone is 1. The van der Waals surface area contributed by atoms with Crippen LogP contribution in [0, 0.1) is 41.4 Å². The maximum absolute atomic E-state index is 10.4. The number of aliphatic hydroxyl groups is 2. The van der Waals surface area contributed by atoms with E-state index in [0.29, 0.717) is 17.8 Å². The Morgan fingerprint density at radius 3 is 2.65 bits per heavy atom. The van der Waals surface area contributed by atoms with Gasteiger partial charge in [0, 0.05) is 18.1 Å². The Kier molecular flexibility index (Phi) is 4.61. The summed E-state index contributed by atoms with van der Waals surface area (Å²) in [6.45, 7) is 11.7. The minimum atomic E-state index is 0.0410. The van der Waals surface area contributed by atoms with Crippen molar-refractivity contribution in [3.63, 3.8) is 0 Å². The quantitative estimate of drug-likeness (QED) is 0.780. The molecule has 1 aromatic heterocycles. The smallest absolute Gasteiger partial charge is 0.0900 e. The fourth-order valence-corrected chi connectivity index (χ4v) is 7.88. The average molecular weight is 376 g/mol. The molecule has 3 aliphatic rings. The first-order chi connectivity index (χ1) is 12.3. The topological polar surface area (TPSA) is 53.4 Å². The van der Waals surface area contributed by atoms with Gasteiger partial charge in [0.2, 0.25) is 0 Å². The average Bonchev–Trinajstić information content (AvgIpc) is 3.11. The Morgan fingerprint density at radius 1 is 1.19 bits per heavy atom. The Morgan fingerprint density at radius 2 is 1.96 bits per heavy atom. The number of aliphatic hydroxyl groups excluding tert-OH is 2. The molecule has 26 heavy (non-hydrogen) atoms. The number of nitrogens with zero attached hydrogens (tertiary/aromatic N) is 1. The Hall–Kier alpha value is -0.710. The fraction of sp³-hybridized carbons (Fsp3) is 0.773. The molecule has 2 fully saturated rings. The van der Waals surface area contributed by atoms with Gasteiger partial charge in [0.1, 0.15) is 0 Å². The zero-order valence-corrected chi connectivity index (χ0v) is 17.2. The van der Waals surface area contributed by atoms with E-state index in [1.165, 1.54) is 29.0 Å². The molecule has 3 nitrogen and oxygen atoms in total. The zero-order valence-electron chi connectivity index (χ0n) is 16.4. The first kappa shape index (κ1) is 18.6. The van der Waals surface area contributed by atoms with Crippen LogP contribution in [0.3, 0.4) is 0 Å². The molecule has 0 bridgehead atoms. The lowest BCUT2D eigenvalue weighted by molar-refractivity contribution is -0.0733. The summed E-state index contributed by atoms with van der Waals surface area (Å²) < 4.78 is 0. The Balaban J connectivity index is 1.70. The maximum Gasteiger partial charge on any atom is 0.0900 e. The van der Waals surface area contributed by atoms with Crippen molar-refractivity contribution in [3.05, 3.63) is 27.7 Å². The molecule has 144 valence electrons.